The summed E-state index contributed by atoms with van der Waals surface area (Å²) in [6, 6.07) is 9.12. The van der Waals surface area contributed by atoms with Crippen molar-refractivity contribution in [1.82, 2.24) is 9.97 Å². The lowest BCUT2D eigenvalue weighted by Gasteiger charge is -2.28. The molecule has 3 aromatic rings. The Kier molecular flexibility index (Phi) is 4.42. The summed E-state index contributed by atoms with van der Waals surface area (Å²) in [5.41, 5.74) is 8.63. The van der Waals surface area contributed by atoms with Gasteiger partial charge in [0.2, 0.25) is 0 Å². The maximum absolute atomic E-state index is 14.8. The molecule has 1 aliphatic rings. The van der Waals surface area contributed by atoms with E-state index in [1.54, 1.807) is 12.3 Å². The lowest BCUT2D eigenvalue weighted by molar-refractivity contribution is 0.122. The first-order valence-corrected chi connectivity index (χ1v) is 8.84. The molecule has 1 saturated heterocycles. The number of pyridine rings is 2. The largest absolute Gasteiger partial charge is 0.383 e. The van der Waals surface area contributed by atoms with Crippen molar-refractivity contribution in [1.29, 1.82) is 0 Å². The summed E-state index contributed by atoms with van der Waals surface area (Å²) in [7, 11) is 0. The molecule has 0 unspecified atom stereocenters. The van der Waals surface area contributed by atoms with Crippen LogP contribution in [0.15, 0.2) is 36.5 Å². The minimum atomic E-state index is -0.308. The number of ether oxygens (including phenoxy) is 1. The summed E-state index contributed by atoms with van der Waals surface area (Å²) in [6.45, 7) is 4.93. The van der Waals surface area contributed by atoms with Crippen molar-refractivity contribution in [3.8, 4) is 11.1 Å². The SMILES string of the molecule is CCc1cc(-c2c(F)ccc3ccc(N4CCOCC4)nc23)cnc1N. The third kappa shape index (κ3) is 2.97. The summed E-state index contributed by atoms with van der Waals surface area (Å²) in [5, 5.41) is 0.897. The van der Waals surface area contributed by atoms with Gasteiger partial charge >= 0.3 is 0 Å². The van der Waals surface area contributed by atoms with Gasteiger partial charge in [-0.25, -0.2) is 14.4 Å². The number of aromatic nitrogens is 2. The molecule has 26 heavy (non-hydrogen) atoms. The van der Waals surface area contributed by atoms with Crippen LogP contribution in [-0.4, -0.2) is 36.3 Å². The summed E-state index contributed by atoms with van der Waals surface area (Å²) in [6.07, 6.45) is 2.36. The molecule has 1 aliphatic heterocycles. The molecule has 0 spiro atoms. The fourth-order valence-electron chi connectivity index (χ4n) is 3.34. The monoisotopic (exact) mass is 352 g/mol. The minimum Gasteiger partial charge on any atom is -0.383 e. The number of halogens is 1. The Bertz CT molecular complexity index is 954. The zero-order valence-electron chi connectivity index (χ0n) is 14.7. The summed E-state index contributed by atoms with van der Waals surface area (Å²) in [5.74, 6) is 1.02. The van der Waals surface area contributed by atoms with E-state index >= 15 is 0 Å². The van der Waals surface area contributed by atoms with E-state index in [0.717, 1.165) is 36.3 Å². The van der Waals surface area contributed by atoms with Crippen molar-refractivity contribution < 1.29 is 9.13 Å². The standard InChI is InChI=1S/C20H21FN4O/c1-2-13-11-15(12-23-20(13)22)18-16(21)5-3-14-4-6-17(24-19(14)18)25-7-9-26-10-8-25/h3-6,11-12H,2,7-10H2,1H3,(H2,22,23). The van der Waals surface area contributed by atoms with Crippen LogP contribution >= 0.6 is 0 Å². The number of nitrogens with two attached hydrogens (primary N) is 1. The number of anilines is 2. The number of rotatable bonds is 3. The number of nitrogen functional groups attached to an aromatic ring is 1. The second-order valence-electron chi connectivity index (χ2n) is 6.38. The van der Waals surface area contributed by atoms with E-state index < -0.39 is 0 Å². The highest BCUT2D eigenvalue weighted by atomic mass is 19.1. The third-order valence-electron chi connectivity index (χ3n) is 4.80. The fourth-order valence-corrected chi connectivity index (χ4v) is 3.34. The molecule has 0 radical (unpaired) electrons. The van der Waals surface area contributed by atoms with Gasteiger partial charge in [0.1, 0.15) is 17.5 Å². The van der Waals surface area contributed by atoms with E-state index in [9.17, 15) is 4.39 Å². The van der Waals surface area contributed by atoms with Crippen molar-refractivity contribution in [2.24, 2.45) is 0 Å². The Morgan fingerprint density at radius 2 is 1.96 bits per heavy atom. The van der Waals surface area contributed by atoms with Gasteiger partial charge < -0.3 is 15.4 Å². The zero-order chi connectivity index (χ0) is 18.1. The average molecular weight is 352 g/mol. The predicted octanol–water partition coefficient (Wildman–Crippen LogP) is 3.42. The molecule has 0 atom stereocenters. The van der Waals surface area contributed by atoms with E-state index in [1.807, 2.05) is 25.1 Å². The van der Waals surface area contributed by atoms with Crippen LogP contribution in [0.3, 0.4) is 0 Å². The molecule has 2 aromatic heterocycles. The minimum absolute atomic E-state index is 0.308. The molecular formula is C20H21FN4O. The first kappa shape index (κ1) is 16.7. The number of hydrogen-bond donors (Lipinski definition) is 1. The molecule has 2 N–H and O–H groups in total. The highest BCUT2D eigenvalue weighted by Gasteiger charge is 2.17. The van der Waals surface area contributed by atoms with Gasteiger partial charge in [-0.2, -0.15) is 0 Å². The number of hydrogen-bond acceptors (Lipinski definition) is 5. The van der Waals surface area contributed by atoms with E-state index in [4.69, 9.17) is 15.5 Å². The Balaban J connectivity index is 1.88. The summed E-state index contributed by atoms with van der Waals surface area (Å²) < 4.78 is 20.2. The van der Waals surface area contributed by atoms with Crippen LogP contribution in [0.25, 0.3) is 22.0 Å². The van der Waals surface area contributed by atoms with Gasteiger partial charge in [0.05, 0.1) is 18.7 Å². The van der Waals surface area contributed by atoms with Crippen LogP contribution in [0, 0.1) is 5.82 Å². The van der Waals surface area contributed by atoms with Crippen LogP contribution in [0.4, 0.5) is 16.0 Å². The molecular weight excluding hydrogens is 331 g/mol. The maximum Gasteiger partial charge on any atom is 0.133 e. The van der Waals surface area contributed by atoms with Gasteiger partial charge in [0.25, 0.3) is 0 Å². The van der Waals surface area contributed by atoms with Crippen molar-refractivity contribution in [3.05, 3.63) is 47.9 Å². The number of aryl methyl sites for hydroxylation is 1. The fraction of sp³-hybridized carbons (Fsp3) is 0.300. The van der Waals surface area contributed by atoms with Crippen molar-refractivity contribution in [3.63, 3.8) is 0 Å². The van der Waals surface area contributed by atoms with Gasteiger partial charge in [0, 0.05) is 35.8 Å². The Hall–Kier alpha value is -2.73. The molecule has 134 valence electrons. The molecule has 0 aliphatic carbocycles. The van der Waals surface area contributed by atoms with E-state index in [-0.39, 0.29) is 5.82 Å². The first-order valence-electron chi connectivity index (χ1n) is 8.84. The predicted molar refractivity (Wildman–Crippen MR) is 102 cm³/mol. The Morgan fingerprint density at radius 3 is 2.73 bits per heavy atom. The lowest BCUT2D eigenvalue weighted by Crippen LogP contribution is -2.36. The second kappa shape index (κ2) is 6.88. The Labute approximate surface area is 151 Å². The van der Waals surface area contributed by atoms with Crippen LogP contribution in [0.5, 0.6) is 0 Å². The number of morpholine rings is 1. The molecule has 3 heterocycles. The number of fused-ring (bicyclic) bond motifs is 1. The topological polar surface area (TPSA) is 64.3 Å². The van der Waals surface area contributed by atoms with Crippen LogP contribution in [0.2, 0.25) is 0 Å². The van der Waals surface area contributed by atoms with Crippen molar-refractivity contribution in [2.45, 2.75) is 13.3 Å². The van der Waals surface area contributed by atoms with E-state index in [1.165, 1.54) is 6.07 Å². The number of benzene rings is 1. The van der Waals surface area contributed by atoms with Crippen LogP contribution in [0.1, 0.15) is 12.5 Å². The van der Waals surface area contributed by atoms with Gasteiger partial charge in [-0.05, 0) is 42.3 Å². The first-order chi connectivity index (χ1) is 12.7. The van der Waals surface area contributed by atoms with Crippen LogP contribution < -0.4 is 10.6 Å². The molecule has 1 aromatic carbocycles. The van der Waals surface area contributed by atoms with Gasteiger partial charge in [0.15, 0.2) is 0 Å². The van der Waals surface area contributed by atoms with Crippen molar-refractivity contribution in [2.75, 3.05) is 36.9 Å². The molecule has 5 nitrogen and oxygen atoms in total. The maximum atomic E-state index is 14.8. The van der Waals surface area contributed by atoms with Gasteiger partial charge in [-0.3, -0.25) is 0 Å². The molecule has 0 amide bonds. The average Bonchev–Trinajstić information content (AvgIpc) is 2.69. The van der Waals surface area contributed by atoms with Gasteiger partial charge in [-0.15, -0.1) is 0 Å². The highest BCUT2D eigenvalue weighted by Crippen LogP contribution is 2.32. The van der Waals surface area contributed by atoms with Gasteiger partial charge in [-0.1, -0.05) is 6.92 Å². The van der Waals surface area contributed by atoms with E-state index in [0.29, 0.717) is 35.7 Å². The quantitative estimate of drug-likeness (QED) is 0.782. The molecule has 0 saturated carbocycles. The number of nitrogens with zero attached hydrogens (tertiary/aromatic N) is 3. The van der Waals surface area contributed by atoms with Crippen molar-refractivity contribution >= 4 is 22.5 Å². The second-order valence-corrected chi connectivity index (χ2v) is 6.38. The third-order valence-corrected chi connectivity index (χ3v) is 4.80. The molecule has 0 bridgehead atoms. The smallest absolute Gasteiger partial charge is 0.133 e. The Morgan fingerprint density at radius 1 is 1.19 bits per heavy atom. The summed E-state index contributed by atoms with van der Waals surface area (Å²) in [4.78, 5) is 11.2. The normalized spacial score (nSPS) is 14.8. The molecule has 4 rings (SSSR count). The highest BCUT2D eigenvalue weighted by molar-refractivity contribution is 5.95. The van der Waals surface area contributed by atoms with E-state index in [2.05, 4.69) is 9.88 Å². The molecule has 6 heteroatoms. The lowest BCUT2D eigenvalue weighted by atomic mass is 10.0. The summed E-state index contributed by atoms with van der Waals surface area (Å²) >= 11 is 0. The molecule has 1 fully saturated rings. The van der Waals surface area contributed by atoms with Crippen LogP contribution in [-0.2, 0) is 11.2 Å². The zero-order valence-corrected chi connectivity index (χ0v) is 14.7.